The largest absolute Gasteiger partial charge is 0.310 e. The number of hydrogen-bond acceptors (Lipinski definition) is 1. The van der Waals surface area contributed by atoms with E-state index in [-0.39, 0.29) is 0 Å². The van der Waals surface area contributed by atoms with Gasteiger partial charge in [0.25, 0.3) is 0 Å². The second kappa shape index (κ2) is 18.0. The molecule has 11 aromatic carbocycles. The maximum absolute atomic E-state index is 2.53. The lowest BCUT2D eigenvalue weighted by atomic mass is 9.65. The smallest absolute Gasteiger partial charge is 0.0719 e. The van der Waals surface area contributed by atoms with E-state index >= 15 is 0 Å². The monoisotopic (exact) mass is 893 g/mol. The molecule has 0 amide bonds. The molecule has 0 saturated heterocycles. The highest BCUT2D eigenvalue weighted by atomic mass is 15.1. The number of anilines is 3. The second-order valence-corrected chi connectivity index (χ2v) is 18.5. The molecular formula is C69H51N. The zero-order valence-electron chi connectivity index (χ0n) is 39.4. The van der Waals surface area contributed by atoms with Crippen molar-refractivity contribution in [3.05, 3.63) is 306 Å². The Bertz CT molecular complexity index is 3540. The Hall–Kier alpha value is -8.78. The van der Waals surface area contributed by atoms with Crippen molar-refractivity contribution in [3.63, 3.8) is 0 Å². The molecule has 0 bridgehead atoms. The molecule has 1 nitrogen and oxygen atoms in total. The van der Waals surface area contributed by atoms with Crippen molar-refractivity contribution in [2.45, 2.75) is 19.3 Å². The molecular weight excluding hydrogens is 843 g/mol. The average Bonchev–Trinajstić information content (AvgIpc) is 3.74. The highest BCUT2D eigenvalue weighted by Crippen LogP contribution is 2.60. The minimum absolute atomic E-state index is 0.646. The fraction of sp³-hybridized carbons (Fsp3) is 0.0435. The highest BCUT2D eigenvalue weighted by Gasteiger charge is 2.48. The Labute approximate surface area is 412 Å². The summed E-state index contributed by atoms with van der Waals surface area (Å²) >= 11 is 0. The molecule has 0 aromatic heterocycles. The summed E-state index contributed by atoms with van der Waals surface area (Å²) in [5, 5.41) is 0. The molecule has 0 N–H and O–H groups in total. The van der Waals surface area contributed by atoms with Crippen LogP contribution >= 0.6 is 0 Å². The fourth-order valence-corrected chi connectivity index (χ4v) is 11.2. The molecule has 0 spiro atoms. The van der Waals surface area contributed by atoms with E-state index in [2.05, 4.69) is 292 Å². The molecule has 1 atom stereocenters. The summed E-state index contributed by atoms with van der Waals surface area (Å²) in [7, 11) is 0. The minimum atomic E-state index is -0.646. The molecule has 0 aliphatic heterocycles. The molecule has 1 aliphatic carbocycles. The van der Waals surface area contributed by atoms with Crippen molar-refractivity contribution in [2.75, 3.05) is 4.90 Å². The summed E-state index contributed by atoms with van der Waals surface area (Å²) in [6.07, 6.45) is 0. The third-order valence-electron chi connectivity index (χ3n) is 14.4. The van der Waals surface area contributed by atoms with Gasteiger partial charge < -0.3 is 4.90 Å². The summed E-state index contributed by atoms with van der Waals surface area (Å²) in [5.41, 5.74) is 24.8. The Morgan fingerprint density at radius 2 is 0.729 bits per heavy atom. The predicted molar refractivity (Wildman–Crippen MR) is 295 cm³/mol. The SMILES string of the molecule is Cc1cc(-c2ccc3c(c2)C(c2ccccc2)(c2ccccc2-c2ccccc2)c2cccc(-c4ccccc4)c2-3)c(C)c(N(c2ccc(-c3ccccc3)cc2)c2ccc(-c3ccccc3)cc2)c1. The number of benzene rings is 11. The summed E-state index contributed by atoms with van der Waals surface area (Å²) in [5.74, 6) is 0. The van der Waals surface area contributed by atoms with E-state index in [1.54, 1.807) is 0 Å². The van der Waals surface area contributed by atoms with Crippen molar-refractivity contribution < 1.29 is 0 Å². The maximum Gasteiger partial charge on any atom is 0.0719 e. The molecule has 0 fully saturated rings. The van der Waals surface area contributed by atoms with Crippen LogP contribution in [0.4, 0.5) is 17.1 Å². The van der Waals surface area contributed by atoms with Gasteiger partial charge in [-0.1, -0.05) is 237 Å². The van der Waals surface area contributed by atoms with Crippen molar-refractivity contribution in [3.8, 4) is 66.8 Å². The van der Waals surface area contributed by atoms with Gasteiger partial charge in [0.15, 0.2) is 0 Å². The van der Waals surface area contributed by atoms with Crippen molar-refractivity contribution >= 4 is 17.1 Å². The average molecular weight is 894 g/mol. The highest BCUT2D eigenvalue weighted by molar-refractivity contribution is 5.98. The van der Waals surface area contributed by atoms with Crippen LogP contribution in [0.15, 0.2) is 273 Å². The van der Waals surface area contributed by atoms with E-state index in [4.69, 9.17) is 0 Å². The van der Waals surface area contributed by atoms with Crippen molar-refractivity contribution in [1.29, 1.82) is 0 Å². The van der Waals surface area contributed by atoms with E-state index < -0.39 is 5.41 Å². The number of fused-ring (bicyclic) bond motifs is 3. The van der Waals surface area contributed by atoms with Crippen molar-refractivity contribution in [2.24, 2.45) is 0 Å². The zero-order chi connectivity index (χ0) is 47.0. The summed E-state index contributed by atoms with van der Waals surface area (Å²) in [6, 6.07) is 100. The van der Waals surface area contributed by atoms with Gasteiger partial charge in [-0.15, -0.1) is 0 Å². The van der Waals surface area contributed by atoms with E-state index in [0.717, 1.165) is 17.1 Å². The molecule has 0 heterocycles. The Morgan fingerprint density at radius 3 is 1.30 bits per heavy atom. The normalized spacial score (nSPS) is 13.6. The van der Waals surface area contributed by atoms with Crippen LogP contribution in [0, 0.1) is 13.8 Å². The predicted octanol–water partition coefficient (Wildman–Crippen LogP) is 18.5. The molecule has 12 rings (SSSR count). The molecule has 1 aliphatic rings. The van der Waals surface area contributed by atoms with E-state index in [1.165, 1.54) is 100 Å². The summed E-state index contributed by atoms with van der Waals surface area (Å²) in [6.45, 7) is 4.54. The molecule has 70 heavy (non-hydrogen) atoms. The number of nitrogens with zero attached hydrogens (tertiary/aromatic N) is 1. The lowest BCUT2D eigenvalue weighted by Gasteiger charge is -2.36. The summed E-state index contributed by atoms with van der Waals surface area (Å²) in [4.78, 5) is 2.44. The van der Waals surface area contributed by atoms with E-state index in [9.17, 15) is 0 Å². The van der Waals surface area contributed by atoms with Crippen LogP contribution in [0.3, 0.4) is 0 Å². The fourth-order valence-electron chi connectivity index (χ4n) is 11.2. The molecule has 0 saturated carbocycles. The standard InChI is InChI=1S/C69H51N/c1-48-45-63(49(2)67(46-48)70(58-40-35-52(36-41-58)50-21-8-3-9-22-50)59-42-37-53(38-43-59)51-23-10-4-11-24-51)56-39-44-62-66(47-56)69(57-29-16-7-17-30-57,64-33-19-18-31-60(64)54-25-12-5-13-26-54)65-34-20-32-61(68(62)65)55-27-14-6-15-28-55/h3-47H,1-2H3. The first-order chi connectivity index (χ1) is 34.6. The second-order valence-electron chi connectivity index (χ2n) is 18.5. The molecule has 1 heteroatoms. The topological polar surface area (TPSA) is 3.24 Å². The number of rotatable bonds is 10. The van der Waals surface area contributed by atoms with Crippen LogP contribution in [0.5, 0.6) is 0 Å². The lowest BCUT2D eigenvalue weighted by molar-refractivity contribution is 0.771. The van der Waals surface area contributed by atoms with Gasteiger partial charge in [0, 0.05) is 17.1 Å². The lowest BCUT2D eigenvalue weighted by Crippen LogP contribution is -2.29. The Kier molecular flexibility index (Phi) is 11.0. The third kappa shape index (κ3) is 7.35. The van der Waals surface area contributed by atoms with Gasteiger partial charge in [-0.05, 0) is 150 Å². The van der Waals surface area contributed by atoms with Crippen LogP contribution in [-0.2, 0) is 5.41 Å². The number of aryl methyl sites for hydroxylation is 1. The minimum Gasteiger partial charge on any atom is -0.310 e. The van der Waals surface area contributed by atoms with Gasteiger partial charge >= 0.3 is 0 Å². The zero-order valence-corrected chi connectivity index (χ0v) is 39.4. The van der Waals surface area contributed by atoms with E-state index in [0.29, 0.717) is 0 Å². The van der Waals surface area contributed by atoms with Gasteiger partial charge in [0.2, 0.25) is 0 Å². The van der Waals surface area contributed by atoms with Crippen LogP contribution in [0.25, 0.3) is 66.8 Å². The van der Waals surface area contributed by atoms with Gasteiger partial charge in [-0.25, -0.2) is 0 Å². The quantitative estimate of drug-likeness (QED) is 0.132. The Morgan fingerprint density at radius 1 is 0.286 bits per heavy atom. The van der Waals surface area contributed by atoms with Crippen LogP contribution in [0.2, 0.25) is 0 Å². The van der Waals surface area contributed by atoms with Gasteiger partial charge in [0.05, 0.1) is 5.41 Å². The van der Waals surface area contributed by atoms with E-state index in [1.807, 2.05) is 0 Å². The first-order valence-corrected chi connectivity index (χ1v) is 24.3. The van der Waals surface area contributed by atoms with Crippen LogP contribution < -0.4 is 4.90 Å². The third-order valence-corrected chi connectivity index (χ3v) is 14.4. The molecule has 332 valence electrons. The van der Waals surface area contributed by atoms with Crippen LogP contribution in [-0.4, -0.2) is 0 Å². The first kappa shape index (κ1) is 42.6. The summed E-state index contributed by atoms with van der Waals surface area (Å²) < 4.78 is 0. The molecule has 11 aromatic rings. The first-order valence-electron chi connectivity index (χ1n) is 24.3. The van der Waals surface area contributed by atoms with Crippen molar-refractivity contribution in [1.82, 2.24) is 0 Å². The van der Waals surface area contributed by atoms with Crippen LogP contribution in [0.1, 0.15) is 33.4 Å². The molecule has 1 unspecified atom stereocenters. The maximum atomic E-state index is 2.53. The van der Waals surface area contributed by atoms with Gasteiger partial charge in [0.1, 0.15) is 0 Å². The van der Waals surface area contributed by atoms with Gasteiger partial charge in [-0.3, -0.25) is 0 Å². The Balaban J connectivity index is 1.09. The van der Waals surface area contributed by atoms with Gasteiger partial charge in [-0.2, -0.15) is 0 Å². The number of hydrogen-bond donors (Lipinski definition) is 0. The molecule has 0 radical (unpaired) electrons.